The van der Waals surface area contributed by atoms with Crippen molar-refractivity contribution < 1.29 is 4.74 Å². The number of thioether (sulfide) groups is 1. The van der Waals surface area contributed by atoms with Crippen molar-refractivity contribution in [1.82, 2.24) is 10.2 Å². The number of nitrogens with zero attached hydrogens (tertiary/aromatic N) is 1. The van der Waals surface area contributed by atoms with Gasteiger partial charge in [0.25, 0.3) is 0 Å². The van der Waals surface area contributed by atoms with Gasteiger partial charge in [-0.3, -0.25) is 0 Å². The second-order valence-corrected chi connectivity index (χ2v) is 7.46. The van der Waals surface area contributed by atoms with Crippen molar-refractivity contribution in [2.24, 2.45) is 11.3 Å². The Kier molecular flexibility index (Phi) is 7.73. The first-order valence-electron chi connectivity index (χ1n) is 7.47. The van der Waals surface area contributed by atoms with Gasteiger partial charge in [-0.1, -0.05) is 13.8 Å². The van der Waals surface area contributed by atoms with Gasteiger partial charge in [-0.2, -0.15) is 11.8 Å². The summed E-state index contributed by atoms with van der Waals surface area (Å²) in [7, 11) is 2.25. The van der Waals surface area contributed by atoms with E-state index in [1.54, 1.807) is 0 Å². The second-order valence-electron chi connectivity index (χ2n) is 6.55. The first kappa shape index (κ1) is 17.3. The molecule has 0 aromatic heterocycles. The Morgan fingerprint density at radius 3 is 2.63 bits per heavy atom. The van der Waals surface area contributed by atoms with E-state index in [0.717, 1.165) is 32.8 Å². The number of nitrogens with one attached hydrogen (secondary N) is 1. The zero-order valence-corrected chi connectivity index (χ0v) is 14.2. The maximum Gasteiger partial charge on any atom is 0.0547 e. The first-order chi connectivity index (χ1) is 8.99. The lowest BCUT2D eigenvalue weighted by Crippen LogP contribution is -2.47. The van der Waals surface area contributed by atoms with Crippen LogP contribution in [0.15, 0.2) is 0 Å². The van der Waals surface area contributed by atoms with Crippen LogP contribution >= 0.6 is 11.8 Å². The predicted molar refractivity (Wildman–Crippen MR) is 86.1 cm³/mol. The summed E-state index contributed by atoms with van der Waals surface area (Å²) < 4.78 is 5.69. The quantitative estimate of drug-likeness (QED) is 0.704. The van der Waals surface area contributed by atoms with E-state index in [1.807, 2.05) is 11.8 Å². The summed E-state index contributed by atoms with van der Waals surface area (Å²) >= 11 is 1.93. The van der Waals surface area contributed by atoms with Crippen LogP contribution in [0.3, 0.4) is 0 Å². The van der Waals surface area contributed by atoms with Crippen molar-refractivity contribution in [2.75, 3.05) is 51.9 Å². The van der Waals surface area contributed by atoms with Crippen LogP contribution in [0.5, 0.6) is 0 Å². The van der Waals surface area contributed by atoms with E-state index in [-0.39, 0.29) is 0 Å². The van der Waals surface area contributed by atoms with Gasteiger partial charge in [-0.25, -0.2) is 0 Å². The third-order valence-corrected chi connectivity index (χ3v) is 4.80. The molecule has 2 atom stereocenters. The van der Waals surface area contributed by atoms with E-state index in [4.69, 9.17) is 4.74 Å². The lowest BCUT2D eigenvalue weighted by atomic mass is 9.86. The van der Waals surface area contributed by atoms with Gasteiger partial charge in [0.1, 0.15) is 0 Å². The molecule has 0 aromatic rings. The average Bonchev–Trinajstić information content (AvgIpc) is 2.77. The molecule has 1 saturated heterocycles. The molecule has 0 bridgehead atoms. The summed E-state index contributed by atoms with van der Waals surface area (Å²) in [5.74, 6) is 1.92. The van der Waals surface area contributed by atoms with Crippen LogP contribution in [0.25, 0.3) is 0 Å². The van der Waals surface area contributed by atoms with Gasteiger partial charge in [0.15, 0.2) is 0 Å². The Bertz CT molecular complexity index is 242. The van der Waals surface area contributed by atoms with Gasteiger partial charge in [0, 0.05) is 36.9 Å². The second kappa shape index (κ2) is 8.50. The highest BCUT2D eigenvalue weighted by molar-refractivity contribution is 7.98. The van der Waals surface area contributed by atoms with Crippen molar-refractivity contribution in [3.63, 3.8) is 0 Å². The fourth-order valence-electron chi connectivity index (χ4n) is 2.65. The molecule has 114 valence electrons. The van der Waals surface area contributed by atoms with Gasteiger partial charge >= 0.3 is 0 Å². The molecular weight excluding hydrogens is 256 g/mol. The Labute approximate surface area is 123 Å². The third kappa shape index (κ3) is 6.03. The van der Waals surface area contributed by atoms with Gasteiger partial charge < -0.3 is 15.0 Å². The molecule has 0 spiro atoms. The average molecular weight is 289 g/mol. The molecule has 1 fully saturated rings. The van der Waals surface area contributed by atoms with Crippen molar-refractivity contribution in [3.05, 3.63) is 0 Å². The predicted octanol–water partition coefficient (Wildman–Crippen LogP) is 2.32. The monoisotopic (exact) mass is 288 g/mol. The van der Waals surface area contributed by atoms with Crippen molar-refractivity contribution in [3.8, 4) is 0 Å². The Morgan fingerprint density at radius 2 is 2.11 bits per heavy atom. The van der Waals surface area contributed by atoms with Crippen LogP contribution in [0.2, 0.25) is 0 Å². The van der Waals surface area contributed by atoms with Gasteiger partial charge in [-0.05, 0) is 39.1 Å². The molecule has 1 heterocycles. The number of ether oxygens (including phenoxy) is 1. The molecule has 0 amide bonds. The molecule has 1 N–H and O–H groups in total. The Hall–Kier alpha value is 0.230. The van der Waals surface area contributed by atoms with E-state index < -0.39 is 0 Å². The van der Waals surface area contributed by atoms with Crippen LogP contribution in [0.4, 0.5) is 0 Å². The zero-order valence-electron chi connectivity index (χ0n) is 13.4. The van der Waals surface area contributed by atoms with Crippen LogP contribution in [-0.2, 0) is 4.74 Å². The van der Waals surface area contributed by atoms with Crippen LogP contribution in [0.1, 0.15) is 27.2 Å². The molecule has 1 aliphatic rings. The lowest BCUT2D eigenvalue weighted by molar-refractivity contribution is 0.108. The molecule has 0 saturated carbocycles. The molecule has 3 nitrogen and oxygen atoms in total. The fourth-order valence-corrected chi connectivity index (χ4v) is 3.39. The van der Waals surface area contributed by atoms with Crippen LogP contribution in [-0.4, -0.2) is 62.8 Å². The molecule has 1 rings (SSSR count). The molecule has 0 radical (unpaired) electrons. The summed E-state index contributed by atoms with van der Waals surface area (Å²) in [4.78, 5) is 2.50. The number of hydrogen-bond acceptors (Lipinski definition) is 4. The Morgan fingerprint density at radius 1 is 1.37 bits per heavy atom. The number of hydrogen-bond donors (Lipinski definition) is 1. The molecule has 2 unspecified atom stereocenters. The summed E-state index contributed by atoms with van der Waals surface area (Å²) in [6, 6.07) is 0.637. The fraction of sp³-hybridized carbons (Fsp3) is 1.00. The van der Waals surface area contributed by atoms with Gasteiger partial charge in [-0.15, -0.1) is 0 Å². The van der Waals surface area contributed by atoms with E-state index in [9.17, 15) is 0 Å². The van der Waals surface area contributed by atoms with Crippen molar-refractivity contribution in [2.45, 2.75) is 33.2 Å². The highest BCUT2D eigenvalue weighted by Gasteiger charge is 2.36. The summed E-state index contributed by atoms with van der Waals surface area (Å²) in [5.41, 5.74) is 0.316. The highest BCUT2D eigenvalue weighted by atomic mass is 32.2. The molecule has 0 aliphatic carbocycles. The Balaban J connectivity index is 2.46. The minimum atomic E-state index is 0.316. The van der Waals surface area contributed by atoms with Gasteiger partial charge in [0.2, 0.25) is 0 Å². The van der Waals surface area contributed by atoms with Crippen LogP contribution in [0, 0.1) is 11.3 Å². The van der Waals surface area contributed by atoms with Crippen molar-refractivity contribution >= 4 is 11.8 Å². The molecule has 19 heavy (non-hydrogen) atoms. The van der Waals surface area contributed by atoms with Gasteiger partial charge in [0.05, 0.1) is 6.61 Å². The van der Waals surface area contributed by atoms with E-state index >= 15 is 0 Å². The smallest absolute Gasteiger partial charge is 0.0547 e. The molecule has 1 aliphatic heterocycles. The SMILES string of the molecule is CSCC(C)N(C)CC1(CNCC(C)C)CCOC1. The van der Waals surface area contributed by atoms with E-state index in [0.29, 0.717) is 17.4 Å². The summed E-state index contributed by atoms with van der Waals surface area (Å²) in [6.45, 7) is 12.0. The third-order valence-electron chi connectivity index (χ3n) is 3.98. The highest BCUT2D eigenvalue weighted by Crippen LogP contribution is 2.29. The minimum absolute atomic E-state index is 0.316. The summed E-state index contributed by atoms with van der Waals surface area (Å²) in [5, 5.41) is 3.63. The van der Waals surface area contributed by atoms with E-state index in [2.05, 4.69) is 44.3 Å². The first-order valence-corrected chi connectivity index (χ1v) is 8.86. The maximum atomic E-state index is 5.69. The van der Waals surface area contributed by atoms with Crippen LogP contribution < -0.4 is 5.32 Å². The zero-order chi connectivity index (χ0) is 14.3. The lowest BCUT2D eigenvalue weighted by Gasteiger charge is -2.35. The van der Waals surface area contributed by atoms with E-state index in [1.165, 1.54) is 12.2 Å². The normalized spacial score (nSPS) is 25.4. The molecule has 0 aromatic carbocycles. The largest absolute Gasteiger partial charge is 0.381 e. The molecular formula is C15H32N2OS. The maximum absolute atomic E-state index is 5.69. The van der Waals surface area contributed by atoms with Crippen molar-refractivity contribution in [1.29, 1.82) is 0 Å². The topological polar surface area (TPSA) is 24.5 Å². The standard InChI is InChI=1S/C15H32N2OS/c1-13(2)8-16-10-15(6-7-18-12-15)11-17(4)14(3)9-19-5/h13-14,16H,6-12H2,1-5H3. The number of rotatable bonds is 9. The summed E-state index contributed by atoms with van der Waals surface area (Å²) in [6.07, 6.45) is 3.37. The minimum Gasteiger partial charge on any atom is -0.381 e. The molecule has 4 heteroatoms.